The van der Waals surface area contributed by atoms with Gasteiger partial charge in [-0.05, 0) is 36.4 Å². The van der Waals surface area contributed by atoms with E-state index in [1.165, 1.54) is 4.80 Å². The molecule has 0 saturated heterocycles. The predicted octanol–water partition coefficient (Wildman–Crippen LogP) is 3.15. The first-order valence-corrected chi connectivity index (χ1v) is 6.39. The Morgan fingerprint density at radius 3 is 2.30 bits per heavy atom. The average Bonchev–Trinajstić information content (AvgIpc) is 3.01. The summed E-state index contributed by atoms with van der Waals surface area (Å²) in [7, 11) is 0. The second-order valence-electron chi connectivity index (χ2n) is 4.17. The predicted molar refractivity (Wildman–Crippen MR) is 76.2 cm³/mol. The first-order valence-electron chi connectivity index (χ1n) is 6.02. The number of carbonyl (C=O) groups is 1. The van der Waals surface area contributed by atoms with Crippen LogP contribution in [0.5, 0.6) is 0 Å². The molecule has 0 amide bonds. The van der Waals surface area contributed by atoms with Crippen LogP contribution in [0, 0.1) is 0 Å². The normalized spacial score (nSPS) is 10.4. The molecule has 20 heavy (non-hydrogen) atoms. The number of nitrogens with zero attached hydrogens (tertiary/aromatic N) is 3. The number of benzene rings is 2. The highest BCUT2D eigenvalue weighted by molar-refractivity contribution is 6.30. The molecule has 0 aliphatic heterocycles. The highest BCUT2D eigenvalue weighted by Gasteiger charge is 2.15. The molecular formula is C15H10ClN3O. The van der Waals surface area contributed by atoms with E-state index in [4.69, 9.17) is 11.6 Å². The van der Waals surface area contributed by atoms with Gasteiger partial charge in [-0.25, -0.2) is 0 Å². The van der Waals surface area contributed by atoms with Crippen molar-refractivity contribution in [2.24, 2.45) is 0 Å². The van der Waals surface area contributed by atoms with Gasteiger partial charge in [0.05, 0.1) is 23.6 Å². The van der Waals surface area contributed by atoms with Crippen LogP contribution in [-0.4, -0.2) is 20.8 Å². The minimum atomic E-state index is -0.0884. The lowest BCUT2D eigenvalue weighted by molar-refractivity contribution is 0.103. The maximum absolute atomic E-state index is 12.6. The molecule has 4 nitrogen and oxygen atoms in total. The number of hydrogen-bond acceptors (Lipinski definition) is 3. The monoisotopic (exact) mass is 283 g/mol. The molecular weight excluding hydrogens is 274 g/mol. The van der Waals surface area contributed by atoms with Crippen molar-refractivity contribution in [2.45, 2.75) is 0 Å². The Bertz CT molecular complexity index is 736. The summed E-state index contributed by atoms with van der Waals surface area (Å²) >= 11 is 5.84. The number of hydrogen-bond donors (Lipinski definition) is 0. The first-order chi connectivity index (χ1) is 9.75. The summed E-state index contributed by atoms with van der Waals surface area (Å²) in [6.07, 6.45) is 3.15. The second kappa shape index (κ2) is 5.27. The molecule has 3 aromatic rings. The van der Waals surface area contributed by atoms with Crippen LogP contribution in [0.15, 0.2) is 60.9 Å². The van der Waals surface area contributed by atoms with Crippen molar-refractivity contribution in [1.29, 1.82) is 0 Å². The Morgan fingerprint density at radius 2 is 1.60 bits per heavy atom. The van der Waals surface area contributed by atoms with Crippen molar-refractivity contribution >= 4 is 17.4 Å². The highest BCUT2D eigenvalue weighted by Crippen LogP contribution is 2.18. The van der Waals surface area contributed by atoms with E-state index in [0.717, 1.165) is 0 Å². The van der Waals surface area contributed by atoms with E-state index in [0.29, 0.717) is 21.8 Å². The summed E-state index contributed by atoms with van der Waals surface area (Å²) < 4.78 is 0. The third kappa shape index (κ3) is 2.33. The molecule has 0 spiro atoms. The van der Waals surface area contributed by atoms with Crippen LogP contribution in [0.1, 0.15) is 15.9 Å². The number of para-hydroxylation sites is 1. The van der Waals surface area contributed by atoms with Crippen LogP contribution in [0.4, 0.5) is 0 Å². The van der Waals surface area contributed by atoms with E-state index in [9.17, 15) is 4.79 Å². The zero-order valence-corrected chi connectivity index (χ0v) is 11.2. The molecule has 0 fully saturated rings. The van der Waals surface area contributed by atoms with Crippen LogP contribution in [0.3, 0.4) is 0 Å². The molecule has 0 unspecified atom stereocenters. The zero-order valence-electron chi connectivity index (χ0n) is 10.4. The van der Waals surface area contributed by atoms with Crippen LogP contribution >= 0.6 is 11.6 Å². The van der Waals surface area contributed by atoms with E-state index in [1.807, 2.05) is 18.2 Å². The van der Waals surface area contributed by atoms with E-state index in [1.54, 1.807) is 42.7 Å². The summed E-state index contributed by atoms with van der Waals surface area (Å²) in [6.45, 7) is 0. The summed E-state index contributed by atoms with van der Waals surface area (Å²) in [5.74, 6) is -0.0884. The average molecular weight is 284 g/mol. The smallest absolute Gasteiger partial charge is 0.195 e. The minimum absolute atomic E-state index is 0.0884. The summed E-state index contributed by atoms with van der Waals surface area (Å²) in [4.78, 5) is 14.0. The Hall–Kier alpha value is -2.46. The summed E-state index contributed by atoms with van der Waals surface area (Å²) in [5.41, 5.74) is 1.78. The Labute approximate surface area is 120 Å². The van der Waals surface area contributed by atoms with E-state index < -0.39 is 0 Å². The fourth-order valence-corrected chi connectivity index (χ4v) is 2.06. The van der Waals surface area contributed by atoms with Crippen LogP contribution in [0.2, 0.25) is 5.02 Å². The van der Waals surface area contributed by atoms with Crippen LogP contribution in [0.25, 0.3) is 5.69 Å². The second-order valence-corrected chi connectivity index (χ2v) is 4.61. The van der Waals surface area contributed by atoms with Gasteiger partial charge in [-0.15, -0.1) is 0 Å². The third-order valence-electron chi connectivity index (χ3n) is 2.89. The topological polar surface area (TPSA) is 47.8 Å². The summed E-state index contributed by atoms with van der Waals surface area (Å²) in [6, 6.07) is 14.0. The molecule has 2 aromatic carbocycles. The number of ketones is 1. The molecule has 0 N–H and O–H groups in total. The van der Waals surface area contributed by atoms with E-state index in [-0.39, 0.29) is 5.78 Å². The lowest BCUT2D eigenvalue weighted by atomic mass is 10.0. The standard InChI is InChI=1S/C15H10ClN3O/c16-12-7-5-11(6-8-12)15(20)13-3-1-2-4-14(13)19-17-9-10-18-19/h1-10H. The molecule has 0 bridgehead atoms. The van der Waals surface area contributed by atoms with Crippen molar-refractivity contribution in [3.05, 3.63) is 77.1 Å². The SMILES string of the molecule is O=C(c1ccc(Cl)cc1)c1ccccc1-n1nccn1. The number of carbonyl (C=O) groups excluding carboxylic acids is 1. The molecule has 0 aliphatic carbocycles. The van der Waals surface area contributed by atoms with Crippen molar-refractivity contribution in [1.82, 2.24) is 15.0 Å². The van der Waals surface area contributed by atoms with Gasteiger partial charge in [-0.1, -0.05) is 23.7 Å². The van der Waals surface area contributed by atoms with E-state index >= 15 is 0 Å². The molecule has 1 aromatic heterocycles. The van der Waals surface area contributed by atoms with Gasteiger partial charge in [0.25, 0.3) is 0 Å². The largest absolute Gasteiger partial charge is 0.289 e. The highest BCUT2D eigenvalue weighted by atomic mass is 35.5. The number of rotatable bonds is 3. The fraction of sp³-hybridized carbons (Fsp3) is 0. The van der Waals surface area contributed by atoms with Gasteiger partial charge in [-0.2, -0.15) is 15.0 Å². The molecule has 0 atom stereocenters. The molecule has 0 aliphatic rings. The van der Waals surface area contributed by atoms with Crippen molar-refractivity contribution in [3.63, 3.8) is 0 Å². The first kappa shape index (κ1) is 12.6. The minimum Gasteiger partial charge on any atom is -0.289 e. The zero-order chi connectivity index (χ0) is 13.9. The van der Waals surface area contributed by atoms with Gasteiger partial charge in [-0.3, -0.25) is 4.79 Å². The van der Waals surface area contributed by atoms with Gasteiger partial charge in [0.2, 0.25) is 0 Å². The van der Waals surface area contributed by atoms with Crippen molar-refractivity contribution in [2.75, 3.05) is 0 Å². The summed E-state index contributed by atoms with van der Waals surface area (Å²) in [5, 5.41) is 8.74. The fourth-order valence-electron chi connectivity index (χ4n) is 1.94. The van der Waals surface area contributed by atoms with Gasteiger partial charge in [0, 0.05) is 10.6 Å². The van der Waals surface area contributed by atoms with Gasteiger partial charge in [0.15, 0.2) is 5.78 Å². The molecule has 1 heterocycles. The number of aromatic nitrogens is 3. The number of halogens is 1. The van der Waals surface area contributed by atoms with Gasteiger partial charge < -0.3 is 0 Å². The van der Waals surface area contributed by atoms with E-state index in [2.05, 4.69) is 10.2 Å². The Kier molecular flexibility index (Phi) is 3.31. The maximum Gasteiger partial charge on any atom is 0.195 e. The molecule has 98 valence electrons. The quantitative estimate of drug-likeness (QED) is 0.694. The Balaban J connectivity index is 2.06. The molecule has 3 rings (SSSR count). The van der Waals surface area contributed by atoms with Crippen LogP contribution in [-0.2, 0) is 0 Å². The van der Waals surface area contributed by atoms with Crippen LogP contribution < -0.4 is 0 Å². The molecule has 5 heteroatoms. The molecule has 0 saturated carbocycles. The lowest BCUT2D eigenvalue weighted by Crippen LogP contribution is -2.09. The van der Waals surface area contributed by atoms with Crippen molar-refractivity contribution in [3.8, 4) is 5.69 Å². The van der Waals surface area contributed by atoms with Crippen molar-refractivity contribution < 1.29 is 4.79 Å². The lowest BCUT2D eigenvalue weighted by Gasteiger charge is -2.07. The third-order valence-corrected chi connectivity index (χ3v) is 3.14. The van der Waals surface area contributed by atoms with Gasteiger partial charge in [0.1, 0.15) is 0 Å². The maximum atomic E-state index is 12.6. The van der Waals surface area contributed by atoms with Gasteiger partial charge >= 0.3 is 0 Å². The Morgan fingerprint density at radius 1 is 0.950 bits per heavy atom. The molecule has 0 radical (unpaired) electrons.